The van der Waals surface area contributed by atoms with E-state index < -0.39 is 0 Å². The summed E-state index contributed by atoms with van der Waals surface area (Å²) in [5.41, 5.74) is 0. The molecule has 0 aromatic rings. The zero-order chi connectivity index (χ0) is 8.97. The highest BCUT2D eigenvalue weighted by molar-refractivity contribution is 4.79. The number of rotatable bonds is 4. The molecular weight excluding hydrogens is 152 g/mol. The minimum absolute atomic E-state index is 0.117. The monoisotopic (exact) mass is 172 g/mol. The first-order valence-corrected chi connectivity index (χ1v) is 5.04. The van der Waals surface area contributed by atoms with E-state index in [1.165, 1.54) is 19.3 Å². The second-order valence-corrected chi connectivity index (χ2v) is 3.81. The second kappa shape index (κ2) is 4.83. The Labute approximate surface area is 74.9 Å². The van der Waals surface area contributed by atoms with Gasteiger partial charge in [-0.1, -0.05) is 19.8 Å². The van der Waals surface area contributed by atoms with Crippen LogP contribution in [0.5, 0.6) is 0 Å². The van der Waals surface area contributed by atoms with Crippen molar-refractivity contribution in [2.45, 2.75) is 51.7 Å². The zero-order valence-electron chi connectivity index (χ0n) is 8.12. The predicted molar refractivity (Wildman–Crippen MR) is 49.1 cm³/mol. The molecule has 72 valence electrons. The van der Waals surface area contributed by atoms with E-state index in [1.54, 1.807) is 0 Å². The Bertz CT molecular complexity index is 125. The van der Waals surface area contributed by atoms with Crippen molar-refractivity contribution in [2.24, 2.45) is 5.92 Å². The van der Waals surface area contributed by atoms with Crippen LogP contribution in [0.25, 0.3) is 0 Å². The van der Waals surface area contributed by atoms with Crippen LogP contribution in [0, 0.1) is 5.92 Å². The van der Waals surface area contributed by atoms with Crippen LogP contribution in [0.3, 0.4) is 0 Å². The van der Waals surface area contributed by atoms with Gasteiger partial charge >= 0.3 is 0 Å². The van der Waals surface area contributed by atoms with E-state index in [0.29, 0.717) is 12.0 Å². The molecule has 1 rings (SSSR count). The van der Waals surface area contributed by atoms with Gasteiger partial charge < -0.3 is 9.84 Å². The highest BCUT2D eigenvalue weighted by atomic mass is 16.5. The summed E-state index contributed by atoms with van der Waals surface area (Å²) in [5, 5.41) is 9.03. The molecule has 1 N–H and O–H groups in total. The molecule has 12 heavy (non-hydrogen) atoms. The minimum atomic E-state index is 0.117. The van der Waals surface area contributed by atoms with Gasteiger partial charge in [-0.25, -0.2) is 0 Å². The average Bonchev–Trinajstić information content (AvgIpc) is 2.42. The molecule has 2 nitrogen and oxygen atoms in total. The summed E-state index contributed by atoms with van der Waals surface area (Å²) in [7, 11) is 0. The minimum Gasteiger partial charge on any atom is -0.394 e. The van der Waals surface area contributed by atoms with Crippen molar-refractivity contribution in [3.63, 3.8) is 0 Å². The van der Waals surface area contributed by atoms with Gasteiger partial charge in [0.05, 0.1) is 18.8 Å². The van der Waals surface area contributed by atoms with Crippen molar-refractivity contribution in [3.8, 4) is 0 Å². The molecule has 0 aliphatic carbocycles. The molecule has 3 atom stereocenters. The highest BCUT2D eigenvalue weighted by Gasteiger charge is 2.31. The Morgan fingerprint density at radius 2 is 2.25 bits per heavy atom. The number of hydrogen-bond acceptors (Lipinski definition) is 2. The lowest BCUT2D eigenvalue weighted by atomic mass is 9.94. The van der Waals surface area contributed by atoms with Crippen LogP contribution in [0.2, 0.25) is 0 Å². The van der Waals surface area contributed by atoms with Gasteiger partial charge in [0.25, 0.3) is 0 Å². The highest BCUT2D eigenvalue weighted by Crippen LogP contribution is 2.29. The number of unbranched alkanes of at least 4 members (excludes halogenated alkanes) is 1. The fourth-order valence-corrected chi connectivity index (χ4v) is 2.01. The lowest BCUT2D eigenvalue weighted by Gasteiger charge is -2.14. The molecule has 1 aliphatic rings. The molecule has 2 heteroatoms. The summed E-state index contributed by atoms with van der Waals surface area (Å²) in [6.45, 7) is 4.49. The van der Waals surface area contributed by atoms with Gasteiger partial charge in [-0.15, -0.1) is 0 Å². The van der Waals surface area contributed by atoms with Crippen molar-refractivity contribution in [2.75, 3.05) is 6.61 Å². The van der Waals surface area contributed by atoms with Gasteiger partial charge in [-0.3, -0.25) is 0 Å². The third kappa shape index (κ3) is 2.46. The van der Waals surface area contributed by atoms with E-state index in [2.05, 4.69) is 13.8 Å². The molecular formula is C10H20O2. The molecule has 0 aromatic carbocycles. The summed E-state index contributed by atoms with van der Waals surface area (Å²) in [6, 6.07) is 0. The zero-order valence-corrected chi connectivity index (χ0v) is 8.12. The number of aliphatic hydroxyl groups excluding tert-OH is 1. The van der Waals surface area contributed by atoms with E-state index in [9.17, 15) is 0 Å². The maximum Gasteiger partial charge on any atom is 0.0838 e. The summed E-state index contributed by atoms with van der Waals surface area (Å²) in [6.07, 6.45) is 5.31. The maximum absolute atomic E-state index is 9.03. The van der Waals surface area contributed by atoms with Gasteiger partial charge in [-0.2, -0.15) is 0 Å². The van der Waals surface area contributed by atoms with E-state index in [0.717, 1.165) is 6.42 Å². The van der Waals surface area contributed by atoms with Crippen molar-refractivity contribution in [1.82, 2.24) is 0 Å². The van der Waals surface area contributed by atoms with Crippen LogP contribution in [-0.4, -0.2) is 23.9 Å². The second-order valence-electron chi connectivity index (χ2n) is 3.81. The van der Waals surface area contributed by atoms with Crippen molar-refractivity contribution in [3.05, 3.63) is 0 Å². The molecule has 0 bridgehead atoms. The van der Waals surface area contributed by atoms with Gasteiger partial charge in [-0.05, 0) is 25.7 Å². The van der Waals surface area contributed by atoms with Crippen LogP contribution in [0.4, 0.5) is 0 Å². The quantitative estimate of drug-likeness (QED) is 0.702. The molecule has 1 heterocycles. The van der Waals surface area contributed by atoms with E-state index in [-0.39, 0.29) is 12.7 Å². The topological polar surface area (TPSA) is 29.5 Å². The Morgan fingerprint density at radius 3 is 2.83 bits per heavy atom. The van der Waals surface area contributed by atoms with Gasteiger partial charge in [0.15, 0.2) is 0 Å². The van der Waals surface area contributed by atoms with Gasteiger partial charge in [0.2, 0.25) is 0 Å². The Morgan fingerprint density at radius 1 is 1.50 bits per heavy atom. The fraction of sp³-hybridized carbons (Fsp3) is 1.00. The number of ether oxygens (including phenoxy) is 1. The molecule has 0 amide bonds. The lowest BCUT2D eigenvalue weighted by molar-refractivity contribution is 0.00540. The lowest BCUT2D eigenvalue weighted by Crippen LogP contribution is -2.20. The number of hydrogen-bond donors (Lipinski definition) is 1. The summed E-state index contributed by atoms with van der Waals surface area (Å²) in [5.74, 6) is 0.602. The van der Waals surface area contributed by atoms with Crippen molar-refractivity contribution < 1.29 is 9.84 Å². The Balaban J connectivity index is 2.30. The van der Waals surface area contributed by atoms with Crippen molar-refractivity contribution >= 4 is 0 Å². The summed E-state index contributed by atoms with van der Waals surface area (Å²) in [4.78, 5) is 0. The standard InChI is InChI=1S/C10H20O2/c1-3-4-5-9-6-8(2)12-10(9)7-11/h8-11H,3-7H2,1-2H3/t8?,9?,10-/m1/s1. The van der Waals surface area contributed by atoms with E-state index >= 15 is 0 Å². The maximum atomic E-state index is 9.03. The van der Waals surface area contributed by atoms with Crippen molar-refractivity contribution in [1.29, 1.82) is 0 Å². The van der Waals surface area contributed by atoms with Gasteiger partial charge in [0.1, 0.15) is 0 Å². The van der Waals surface area contributed by atoms with Crippen LogP contribution in [-0.2, 0) is 4.74 Å². The molecule has 2 unspecified atom stereocenters. The third-order valence-corrected chi connectivity index (χ3v) is 2.68. The molecule has 0 spiro atoms. The molecule has 1 fully saturated rings. The average molecular weight is 172 g/mol. The predicted octanol–water partition coefficient (Wildman–Crippen LogP) is 1.96. The van der Waals surface area contributed by atoms with Crippen LogP contribution in [0.1, 0.15) is 39.5 Å². The first-order chi connectivity index (χ1) is 5.77. The molecule has 1 aliphatic heterocycles. The first kappa shape index (κ1) is 10.0. The normalized spacial score (nSPS) is 35.8. The SMILES string of the molecule is CCCCC1CC(C)O[C@@H]1CO. The molecule has 0 saturated carbocycles. The first-order valence-electron chi connectivity index (χ1n) is 5.04. The number of aliphatic hydroxyl groups is 1. The Kier molecular flexibility index (Phi) is 4.02. The van der Waals surface area contributed by atoms with Crippen LogP contribution < -0.4 is 0 Å². The molecule has 0 radical (unpaired) electrons. The molecule has 0 aromatic heterocycles. The van der Waals surface area contributed by atoms with E-state index in [4.69, 9.17) is 9.84 Å². The fourth-order valence-electron chi connectivity index (χ4n) is 2.01. The van der Waals surface area contributed by atoms with E-state index in [1.807, 2.05) is 0 Å². The van der Waals surface area contributed by atoms with Crippen LogP contribution in [0.15, 0.2) is 0 Å². The smallest absolute Gasteiger partial charge is 0.0838 e. The summed E-state index contributed by atoms with van der Waals surface area (Å²) >= 11 is 0. The molecule has 1 saturated heterocycles. The largest absolute Gasteiger partial charge is 0.394 e. The third-order valence-electron chi connectivity index (χ3n) is 2.68. The van der Waals surface area contributed by atoms with Gasteiger partial charge in [0, 0.05) is 0 Å². The Hall–Kier alpha value is -0.0800. The van der Waals surface area contributed by atoms with Crippen LogP contribution >= 0.6 is 0 Å². The summed E-state index contributed by atoms with van der Waals surface area (Å²) < 4.78 is 5.57.